The van der Waals surface area contributed by atoms with Gasteiger partial charge < -0.3 is 0 Å². The van der Waals surface area contributed by atoms with Crippen molar-refractivity contribution in [2.75, 3.05) is 7.05 Å². The maximum absolute atomic E-state index is 13.7. The molecule has 2 unspecified atom stereocenters. The fraction of sp³-hybridized carbons (Fsp3) is 0.536. The molecule has 3 rings (SSSR count). The predicted molar refractivity (Wildman–Crippen MR) is 127 cm³/mol. The molecule has 0 aromatic heterocycles. The normalized spacial score (nSPS) is 17.7. The minimum Gasteiger partial charge on any atom is -0.299 e. The van der Waals surface area contributed by atoms with Gasteiger partial charge in [0.05, 0.1) is 22.6 Å². The van der Waals surface area contributed by atoms with Crippen molar-refractivity contribution >= 4 is 0 Å². The van der Waals surface area contributed by atoms with Gasteiger partial charge in [0, 0.05) is 12.6 Å². The molecule has 0 spiro atoms. The zero-order chi connectivity index (χ0) is 26.6. The Kier molecular flexibility index (Phi) is 8.76. The van der Waals surface area contributed by atoms with Crippen LogP contribution in [-0.4, -0.2) is 18.0 Å². The Morgan fingerprint density at radius 3 is 2.08 bits per heavy atom. The molecule has 0 radical (unpaired) electrons. The third-order valence-corrected chi connectivity index (χ3v) is 7.64. The van der Waals surface area contributed by atoms with E-state index >= 15 is 0 Å². The van der Waals surface area contributed by atoms with Crippen molar-refractivity contribution in [2.24, 2.45) is 5.92 Å². The van der Waals surface area contributed by atoms with E-state index in [1.807, 2.05) is 44.3 Å². The molecule has 2 nitrogen and oxygen atoms in total. The SMILES string of the molecule is CCC(CCC(C#N)(c1ccc(C(F)(F)F)c(C(F)(F)F)c1)C1CCCC1)N(C)Cc1ccccc1. The van der Waals surface area contributed by atoms with E-state index in [9.17, 15) is 31.6 Å². The van der Waals surface area contributed by atoms with Crippen LogP contribution in [-0.2, 0) is 24.3 Å². The van der Waals surface area contributed by atoms with E-state index in [2.05, 4.69) is 11.0 Å². The number of hydrogen-bond acceptors (Lipinski definition) is 2. The van der Waals surface area contributed by atoms with Gasteiger partial charge >= 0.3 is 12.4 Å². The fourth-order valence-electron chi connectivity index (χ4n) is 5.65. The van der Waals surface area contributed by atoms with Crippen LogP contribution in [0, 0.1) is 17.2 Å². The van der Waals surface area contributed by atoms with Gasteiger partial charge in [0.15, 0.2) is 0 Å². The van der Waals surface area contributed by atoms with Gasteiger partial charge in [-0.25, -0.2) is 0 Å². The molecule has 0 bridgehead atoms. The zero-order valence-electron chi connectivity index (χ0n) is 20.6. The molecule has 1 fully saturated rings. The Labute approximate surface area is 208 Å². The molecule has 2 atom stereocenters. The molecule has 0 heterocycles. The molecule has 196 valence electrons. The predicted octanol–water partition coefficient (Wildman–Crippen LogP) is 8.37. The molecule has 0 amide bonds. The summed E-state index contributed by atoms with van der Waals surface area (Å²) in [5.74, 6) is -0.197. The Morgan fingerprint density at radius 1 is 0.944 bits per heavy atom. The molecule has 0 aliphatic heterocycles. The summed E-state index contributed by atoms with van der Waals surface area (Å²) >= 11 is 0. The number of benzene rings is 2. The zero-order valence-corrected chi connectivity index (χ0v) is 20.6. The number of nitrogens with zero attached hydrogens (tertiary/aromatic N) is 2. The van der Waals surface area contributed by atoms with Crippen molar-refractivity contribution < 1.29 is 26.3 Å². The van der Waals surface area contributed by atoms with Crippen LogP contribution in [0.15, 0.2) is 48.5 Å². The molecular formula is C28H32F6N2. The van der Waals surface area contributed by atoms with Crippen LogP contribution >= 0.6 is 0 Å². The molecule has 1 saturated carbocycles. The molecule has 2 aromatic carbocycles. The summed E-state index contributed by atoms with van der Waals surface area (Å²) in [7, 11) is 1.98. The van der Waals surface area contributed by atoms with Crippen molar-refractivity contribution in [3.05, 3.63) is 70.8 Å². The van der Waals surface area contributed by atoms with Crippen LogP contribution in [0.3, 0.4) is 0 Å². The Hall–Kier alpha value is -2.53. The highest BCUT2D eigenvalue weighted by Gasteiger charge is 2.47. The van der Waals surface area contributed by atoms with Crippen molar-refractivity contribution in [3.8, 4) is 6.07 Å². The topological polar surface area (TPSA) is 27.0 Å². The number of hydrogen-bond donors (Lipinski definition) is 0. The first-order valence-corrected chi connectivity index (χ1v) is 12.4. The smallest absolute Gasteiger partial charge is 0.299 e. The van der Waals surface area contributed by atoms with Crippen molar-refractivity contribution in [1.29, 1.82) is 5.26 Å². The molecule has 1 aliphatic carbocycles. The molecule has 1 aliphatic rings. The van der Waals surface area contributed by atoms with Gasteiger partial charge in [-0.05, 0) is 68.3 Å². The summed E-state index contributed by atoms with van der Waals surface area (Å²) in [6.45, 7) is 2.70. The van der Waals surface area contributed by atoms with Gasteiger partial charge in [-0.15, -0.1) is 0 Å². The van der Waals surface area contributed by atoms with Crippen LogP contribution in [0.25, 0.3) is 0 Å². The van der Waals surface area contributed by atoms with Gasteiger partial charge in [-0.1, -0.05) is 56.2 Å². The first-order valence-electron chi connectivity index (χ1n) is 12.4. The standard InChI is InChI=1S/C28H32F6N2/c1-3-23(36(2)18-20-9-5-4-6-10-20)15-16-26(19-35,21-11-7-8-12-21)22-13-14-24(27(29,30)31)25(17-22)28(32,33)34/h4-6,9-10,13-14,17,21,23H,3,7-8,11-12,15-16,18H2,1-2H3. The number of halogens is 6. The summed E-state index contributed by atoms with van der Waals surface area (Å²) in [6.07, 6.45) is -5.66. The summed E-state index contributed by atoms with van der Waals surface area (Å²) in [5, 5.41) is 10.4. The Bertz CT molecular complexity index is 1030. The average Bonchev–Trinajstić information content (AvgIpc) is 3.37. The van der Waals surface area contributed by atoms with Crippen molar-refractivity contribution in [1.82, 2.24) is 4.90 Å². The van der Waals surface area contributed by atoms with Crippen molar-refractivity contribution in [3.63, 3.8) is 0 Å². The van der Waals surface area contributed by atoms with Crippen LogP contribution in [0.4, 0.5) is 26.3 Å². The van der Waals surface area contributed by atoms with E-state index in [1.165, 1.54) is 0 Å². The lowest BCUT2D eigenvalue weighted by atomic mass is 9.66. The molecular weight excluding hydrogens is 478 g/mol. The summed E-state index contributed by atoms with van der Waals surface area (Å²) in [5.41, 5.74) is -3.55. The highest BCUT2D eigenvalue weighted by Crippen LogP contribution is 2.48. The molecule has 0 N–H and O–H groups in total. The van der Waals surface area contributed by atoms with E-state index in [1.54, 1.807) is 0 Å². The van der Waals surface area contributed by atoms with Crippen LogP contribution < -0.4 is 0 Å². The number of rotatable bonds is 9. The minimum atomic E-state index is -5.18. The van der Waals surface area contributed by atoms with Crippen LogP contribution in [0.1, 0.15) is 74.1 Å². The van der Waals surface area contributed by atoms with Crippen molar-refractivity contribution in [2.45, 2.75) is 82.2 Å². The summed E-state index contributed by atoms with van der Waals surface area (Å²) < 4.78 is 81.3. The van der Waals surface area contributed by atoms with E-state index < -0.39 is 28.9 Å². The third-order valence-electron chi connectivity index (χ3n) is 7.64. The first kappa shape index (κ1) is 28.0. The maximum atomic E-state index is 13.7. The second-order valence-corrected chi connectivity index (χ2v) is 9.82. The number of alkyl halides is 6. The molecule has 8 heteroatoms. The van der Waals surface area contributed by atoms with Gasteiger partial charge in [0.25, 0.3) is 0 Å². The van der Waals surface area contributed by atoms with E-state index in [0.29, 0.717) is 37.9 Å². The molecule has 2 aromatic rings. The van der Waals surface area contributed by atoms with Gasteiger partial charge in [0.1, 0.15) is 0 Å². The number of nitriles is 1. The highest BCUT2D eigenvalue weighted by atomic mass is 19.4. The minimum absolute atomic E-state index is 0.0396. The molecule has 36 heavy (non-hydrogen) atoms. The largest absolute Gasteiger partial charge is 0.417 e. The first-order chi connectivity index (χ1) is 16.9. The average molecular weight is 511 g/mol. The summed E-state index contributed by atoms with van der Waals surface area (Å²) in [4.78, 5) is 2.17. The second-order valence-electron chi connectivity index (χ2n) is 9.82. The van der Waals surface area contributed by atoms with Crippen LogP contribution in [0.2, 0.25) is 0 Å². The summed E-state index contributed by atoms with van der Waals surface area (Å²) in [6, 6.07) is 14.4. The van der Waals surface area contributed by atoms with E-state index in [-0.39, 0.29) is 23.9 Å². The lowest BCUT2D eigenvalue weighted by Crippen LogP contribution is -2.37. The lowest BCUT2D eigenvalue weighted by molar-refractivity contribution is -0.162. The second kappa shape index (κ2) is 11.2. The van der Waals surface area contributed by atoms with Gasteiger partial charge in [0.2, 0.25) is 0 Å². The van der Waals surface area contributed by atoms with Gasteiger partial charge in [-0.3, -0.25) is 4.90 Å². The Balaban J connectivity index is 1.97. The molecule has 0 saturated heterocycles. The Morgan fingerprint density at radius 2 is 1.56 bits per heavy atom. The maximum Gasteiger partial charge on any atom is 0.417 e. The lowest BCUT2D eigenvalue weighted by Gasteiger charge is -2.37. The monoisotopic (exact) mass is 510 g/mol. The third kappa shape index (κ3) is 6.23. The van der Waals surface area contributed by atoms with Crippen LogP contribution in [0.5, 0.6) is 0 Å². The fourth-order valence-corrected chi connectivity index (χ4v) is 5.65. The van der Waals surface area contributed by atoms with E-state index in [4.69, 9.17) is 0 Å². The quantitative estimate of drug-likeness (QED) is 0.317. The van der Waals surface area contributed by atoms with Gasteiger partial charge in [-0.2, -0.15) is 31.6 Å². The van der Waals surface area contributed by atoms with E-state index in [0.717, 1.165) is 30.9 Å². The highest BCUT2D eigenvalue weighted by molar-refractivity contribution is 5.43.